The van der Waals surface area contributed by atoms with Crippen molar-refractivity contribution in [2.24, 2.45) is 0 Å². The quantitative estimate of drug-likeness (QED) is 0.481. The molecule has 0 aromatic heterocycles. The molecule has 0 radical (unpaired) electrons. The van der Waals surface area contributed by atoms with E-state index >= 15 is 0 Å². The van der Waals surface area contributed by atoms with Crippen LogP contribution in [0.1, 0.15) is 30.3 Å². The molecule has 0 spiro atoms. The lowest BCUT2D eigenvalue weighted by atomic mass is 10.0. The van der Waals surface area contributed by atoms with Gasteiger partial charge >= 0.3 is 0 Å². The van der Waals surface area contributed by atoms with E-state index in [0.29, 0.717) is 5.56 Å². The Morgan fingerprint density at radius 2 is 1.77 bits per heavy atom. The Hall–Kier alpha value is -3.21. The van der Waals surface area contributed by atoms with Gasteiger partial charge in [0.2, 0.25) is 0 Å². The van der Waals surface area contributed by atoms with Crippen LogP contribution in [0.2, 0.25) is 0 Å². The SMILES string of the molecule is C.C[C@@H](O)[C@H](NC(=O)c1ccc(-c2cccc(C#N)c2)cc1)C(=O)NO. The Kier molecular flexibility index (Phi) is 7.47. The Morgan fingerprint density at radius 1 is 1.12 bits per heavy atom. The van der Waals surface area contributed by atoms with Gasteiger partial charge in [-0.05, 0) is 42.3 Å². The normalized spacial score (nSPS) is 12.1. The minimum atomic E-state index is -1.27. The van der Waals surface area contributed by atoms with E-state index in [1.54, 1.807) is 42.5 Å². The molecule has 0 bridgehead atoms. The van der Waals surface area contributed by atoms with Crippen molar-refractivity contribution in [3.05, 3.63) is 59.7 Å². The van der Waals surface area contributed by atoms with Crippen LogP contribution in [-0.2, 0) is 4.79 Å². The summed E-state index contributed by atoms with van der Waals surface area (Å²) in [6, 6.07) is 14.4. The van der Waals surface area contributed by atoms with Crippen molar-refractivity contribution in [2.45, 2.75) is 26.5 Å². The van der Waals surface area contributed by atoms with Crippen molar-refractivity contribution in [1.82, 2.24) is 10.8 Å². The number of hydrogen-bond acceptors (Lipinski definition) is 5. The Labute approximate surface area is 151 Å². The third-order valence-corrected chi connectivity index (χ3v) is 3.63. The first kappa shape index (κ1) is 20.8. The van der Waals surface area contributed by atoms with Gasteiger partial charge < -0.3 is 10.4 Å². The molecule has 0 aliphatic carbocycles. The van der Waals surface area contributed by atoms with Crippen molar-refractivity contribution in [1.29, 1.82) is 5.26 Å². The van der Waals surface area contributed by atoms with Crippen LogP contribution in [0.3, 0.4) is 0 Å². The molecule has 0 fully saturated rings. The first-order valence-electron chi connectivity index (χ1n) is 7.49. The molecule has 0 saturated carbocycles. The van der Waals surface area contributed by atoms with Gasteiger partial charge in [-0.3, -0.25) is 14.8 Å². The molecule has 0 unspecified atom stereocenters. The molecule has 7 nitrogen and oxygen atoms in total. The number of hydrogen-bond donors (Lipinski definition) is 4. The van der Waals surface area contributed by atoms with Gasteiger partial charge in [0.05, 0.1) is 17.7 Å². The average Bonchev–Trinajstić information content (AvgIpc) is 2.65. The van der Waals surface area contributed by atoms with Gasteiger partial charge in [0, 0.05) is 5.56 Å². The summed E-state index contributed by atoms with van der Waals surface area (Å²) >= 11 is 0. The molecular weight excluding hydrogens is 334 g/mol. The molecule has 2 rings (SSSR count). The fourth-order valence-electron chi connectivity index (χ4n) is 2.28. The predicted molar refractivity (Wildman–Crippen MR) is 96.2 cm³/mol. The first-order valence-corrected chi connectivity index (χ1v) is 7.49. The Balaban J connectivity index is 0.00000338. The maximum absolute atomic E-state index is 12.2. The predicted octanol–water partition coefficient (Wildman–Crippen LogP) is 1.85. The molecule has 2 aromatic rings. The van der Waals surface area contributed by atoms with E-state index in [-0.39, 0.29) is 13.0 Å². The largest absolute Gasteiger partial charge is 0.391 e. The summed E-state index contributed by atoms with van der Waals surface area (Å²) in [7, 11) is 0. The van der Waals surface area contributed by atoms with Crippen molar-refractivity contribution in [3.63, 3.8) is 0 Å². The van der Waals surface area contributed by atoms with E-state index in [1.165, 1.54) is 12.4 Å². The molecule has 26 heavy (non-hydrogen) atoms. The van der Waals surface area contributed by atoms with E-state index < -0.39 is 24.0 Å². The van der Waals surface area contributed by atoms with Gasteiger partial charge in [0.15, 0.2) is 0 Å². The number of nitriles is 1. The van der Waals surface area contributed by atoms with Crippen LogP contribution in [0, 0.1) is 11.3 Å². The fourth-order valence-corrected chi connectivity index (χ4v) is 2.28. The molecule has 4 N–H and O–H groups in total. The summed E-state index contributed by atoms with van der Waals surface area (Å²) in [4.78, 5) is 23.7. The number of hydroxylamine groups is 1. The van der Waals surface area contributed by atoms with Crippen LogP contribution in [0.15, 0.2) is 48.5 Å². The van der Waals surface area contributed by atoms with Gasteiger partial charge in [-0.25, -0.2) is 5.48 Å². The highest BCUT2D eigenvalue weighted by Gasteiger charge is 2.25. The van der Waals surface area contributed by atoms with Gasteiger partial charge in [-0.1, -0.05) is 31.7 Å². The molecule has 0 saturated heterocycles. The first-order chi connectivity index (χ1) is 12.0. The third-order valence-electron chi connectivity index (χ3n) is 3.63. The van der Waals surface area contributed by atoms with Crippen LogP contribution < -0.4 is 10.8 Å². The van der Waals surface area contributed by atoms with E-state index in [4.69, 9.17) is 10.5 Å². The fraction of sp³-hybridized carbons (Fsp3) is 0.211. The number of aliphatic hydroxyl groups excluding tert-OH is 1. The zero-order chi connectivity index (χ0) is 18.4. The van der Waals surface area contributed by atoms with Crippen molar-refractivity contribution >= 4 is 11.8 Å². The summed E-state index contributed by atoms with van der Waals surface area (Å²) in [5.74, 6) is -1.47. The zero-order valence-corrected chi connectivity index (χ0v) is 13.4. The van der Waals surface area contributed by atoms with Crippen LogP contribution >= 0.6 is 0 Å². The van der Waals surface area contributed by atoms with Gasteiger partial charge in [0.1, 0.15) is 6.04 Å². The average molecular weight is 355 g/mol. The highest BCUT2D eigenvalue weighted by Crippen LogP contribution is 2.21. The van der Waals surface area contributed by atoms with Gasteiger partial charge in [-0.15, -0.1) is 0 Å². The van der Waals surface area contributed by atoms with Gasteiger partial charge in [0.25, 0.3) is 11.8 Å². The van der Waals surface area contributed by atoms with E-state index in [0.717, 1.165) is 11.1 Å². The Morgan fingerprint density at radius 3 is 2.31 bits per heavy atom. The minimum absolute atomic E-state index is 0. The maximum Gasteiger partial charge on any atom is 0.268 e. The maximum atomic E-state index is 12.2. The molecular formula is C19H21N3O4. The highest BCUT2D eigenvalue weighted by molar-refractivity contribution is 5.97. The summed E-state index contributed by atoms with van der Waals surface area (Å²) in [5.41, 5.74) is 3.90. The van der Waals surface area contributed by atoms with E-state index in [1.807, 2.05) is 6.07 Å². The van der Waals surface area contributed by atoms with Crippen LogP contribution in [-0.4, -0.2) is 34.3 Å². The number of carbonyl (C=O) groups is 2. The third kappa shape index (κ3) is 4.89. The molecule has 0 aliphatic rings. The minimum Gasteiger partial charge on any atom is -0.391 e. The number of amides is 2. The van der Waals surface area contributed by atoms with Crippen LogP contribution in [0.25, 0.3) is 11.1 Å². The van der Waals surface area contributed by atoms with E-state index in [9.17, 15) is 14.7 Å². The van der Waals surface area contributed by atoms with Gasteiger partial charge in [-0.2, -0.15) is 5.26 Å². The molecule has 2 amide bonds. The van der Waals surface area contributed by atoms with Crippen molar-refractivity contribution < 1.29 is 19.9 Å². The second kappa shape index (κ2) is 9.32. The zero-order valence-electron chi connectivity index (χ0n) is 13.4. The number of nitrogens with one attached hydrogen (secondary N) is 2. The second-order valence-corrected chi connectivity index (χ2v) is 5.44. The number of aliphatic hydroxyl groups is 1. The smallest absolute Gasteiger partial charge is 0.268 e. The van der Waals surface area contributed by atoms with Crippen molar-refractivity contribution in [3.8, 4) is 17.2 Å². The summed E-state index contributed by atoms with van der Waals surface area (Å²) in [5, 5.41) is 29.5. The molecule has 2 atom stereocenters. The number of carbonyl (C=O) groups excluding carboxylic acids is 2. The number of benzene rings is 2. The molecule has 136 valence electrons. The summed E-state index contributed by atoms with van der Waals surface area (Å²) < 4.78 is 0. The lowest BCUT2D eigenvalue weighted by Gasteiger charge is -2.19. The molecule has 7 heteroatoms. The lowest BCUT2D eigenvalue weighted by molar-refractivity contribution is -0.133. The molecule has 0 heterocycles. The number of nitrogens with zero attached hydrogens (tertiary/aromatic N) is 1. The summed E-state index contributed by atoms with van der Waals surface area (Å²) in [6.07, 6.45) is -1.18. The molecule has 0 aliphatic heterocycles. The van der Waals surface area contributed by atoms with E-state index in [2.05, 4.69) is 11.4 Å². The van der Waals surface area contributed by atoms with Crippen molar-refractivity contribution in [2.75, 3.05) is 0 Å². The lowest BCUT2D eigenvalue weighted by Crippen LogP contribution is -2.51. The standard InChI is InChI=1S/C18H17N3O4.CH4/c1-11(22)16(18(24)21-25)20-17(23)14-7-5-13(6-8-14)15-4-2-3-12(9-15)10-19;/h2-9,11,16,22,25H,1H3,(H,20,23)(H,21,24);1H4/t11-,16+;/m1./s1. The van der Waals surface area contributed by atoms with Crippen LogP contribution in [0.4, 0.5) is 0 Å². The topological polar surface area (TPSA) is 122 Å². The van der Waals surface area contributed by atoms with Crippen LogP contribution in [0.5, 0.6) is 0 Å². The summed E-state index contributed by atoms with van der Waals surface area (Å²) in [6.45, 7) is 1.32. The molecule has 2 aromatic carbocycles. The monoisotopic (exact) mass is 355 g/mol. The highest BCUT2D eigenvalue weighted by atomic mass is 16.5. The number of rotatable bonds is 5. The Bertz CT molecular complexity index is 810. The second-order valence-electron chi connectivity index (χ2n) is 5.44.